The maximum Gasteiger partial charge on any atom is 0.136 e. The summed E-state index contributed by atoms with van der Waals surface area (Å²) in [5.74, 6) is 0. The van der Waals surface area contributed by atoms with Crippen LogP contribution in [0.5, 0.6) is 0 Å². The highest BCUT2D eigenvalue weighted by Gasteiger charge is 2.07. The zero-order chi connectivity index (χ0) is 15.8. The van der Waals surface area contributed by atoms with Gasteiger partial charge in [0.2, 0.25) is 0 Å². The molecule has 0 aliphatic carbocycles. The van der Waals surface area contributed by atoms with Crippen LogP contribution in [0.4, 0.5) is 0 Å². The Morgan fingerprint density at radius 3 is 2.78 bits per heavy atom. The fourth-order valence-electron chi connectivity index (χ4n) is 2.90. The number of pyridine rings is 2. The molecule has 0 radical (unpaired) electrons. The van der Waals surface area contributed by atoms with Gasteiger partial charge in [0.15, 0.2) is 0 Å². The van der Waals surface area contributed by atoms with Crippen LogP contribution in [0.3, 0.4) is 0 Å². The Morgan fingerprint density at radius 1 is 1.04 bits per heavy atom. The fraction of sp³-hybridized carbons (Fsp3) is 0.222. The summed E-state index contributed by atoms with van der Waals surface area (Å²) in [6, 6.07) is 10.3. The molecule has 0 fully saturated rings. The van der Waals surface area contributed by atoms with Crippen LogP contribution in [0.1, 0.15) is 17.0 Å². The minimum absolute atomic E-state index is 0.817. The molecule has 0 spiro atoms. The number of aromatic nitrogens is 4. The standard InChI is InChI=1S/C18H19N5/c1-21(2)13-16-10-19-17-7-6-14(11-23(16)17)9-15-12-22-8-4-3-5-18(22)20-15/h3-8,10-12H,9,13H2,1-2H3. The smallest absolute Gasteiger partial charge is 0.136 e. The summed E-state index contributed by atoms with van der Waals surface area (Å²) in [7, 11) is 4.14. The van der Waals surface area contributed by atoms with E-state index in [1.807, 2.05) is 30.6 Å². The molecule has 4 heterocycles. The lowest BCUT2D eigenvalue weighted by atomic mass is 10.2. The Balaban J connectivity index is 1.68. The molecule has 0 aromatic carbocycles. The maximum absolute atomic E-state index is 4.68. The summed E-state index contributed by atoms with van der Waals surface area (Å²) in [6.07, 6.45) is 9.06. The lowest BCUT2D eigenvalue weighted by Crippen LogP contribution is -2.12. The zero-order valence-corrected chi connectivity index (χ0v) is 13.3. The molecule has 4 aromatic heterocycles. The second-order valence-corrected chi connectivity index (χ2v) is 6.13. The highest BCUT2D eigenvalue weighted by molar-refractivity contribution is 5.44. The summed E-state index contributed by atoms with van der Waals surface area (Å²) < 4.78 is 4.23. The number of rotatable bonds is 4. The first kappa shape index (κ1) is 14.0. The van der Waals surface area contributed by atoms with Crippen LogP contribution in [0, 0.1) is 0 Å². The number of nitrogens with zero attached hydrogens (tertiary/aromatic N) is 5. The van der Waals surface area contributed by atoms with Crippen LogP contribution in [0.25, 0.3) is 11.3 Å². The monoisotopic (exact) mass is 305 g/mol. The van der Waals surface area contributed by atoms with Crippen molar-refractivity contribution in [3.63, 3.8) is 0 Å². The lowest BCUT2D eigenvalue weighted by Gasteiger charge is -2.09. The summed E-state index contributed by atoms with van der Waals surface area (Å²) >= 11 is 0. The van der Waals surface area contributed by atoms with Gasteiger partial charge in [0.25, 0.3) is 0 Å². The van der Waals surface area contributed by atoms with E-state index in [-0.39, 0.29) is 0 Å². The van der Waals surface area contributed by atoms with Gasteiger partial charge in [-0.25, -0.2) is 9.97 Å². The van der Waals surface area contributed by atoms with Crippen molar-refractivity contribution in [1.82, 2.24) is 23.7 Å². The third-order valence-corrected chi connectivity index (χ3v) is 3.92. The van der Waals surface area contributed by atoms with Gasteiger partial charge in [-0.05, 0) is 37.9 Å². The summed E-state index contributed by atoms with van der Waals surface area (Å²) in [6.45, 7) is 0.874. The number of hydrogen-bond acceptors (Lipinski definition) is 3. The second kappa shape index (κ2) is 5.52. The minimum Gasteiger partial charge on any atom is -0.307 e. The lowest BCUT2D eigenvalue weighted by molar-refractivity contribution is 0.395. The minimum atomic E-state index is 0.817. The van der Waals surface area contributed by atoms with Gasteiger partial charge in [-0.2, -0.15) is 0 Å². The fourth-order valence-corrected chi connectivity index (χ4v) is 2.90. The molecule has 0 aliphatic rings. The van der Waals surface area contributed by atoms with Gasteiger partial charge >= 0.3 is 0 Å². The van der Waals surface area contributed by atoms with Crippen molar-refractivity contribution < 1.29 is 0 Å². The quantitative estimate of drug-likeness (QED) is 0.582. The maximum atomic E-state index is 4.68. The Morgan fingerprint density at radius 2 is 1.96 bits per heavy atom. The SMILES string of the molecule is CN(C)Cc1cnc2ccc(Cc3cn4ccccc4n3)cn12. The van der Waals surface area contributed by atoms with Crippen molar-refractivity contribution in [2.24, 2.45) is 0 Å². The van der Waals surface area contributed by atoms with Crippen LogP contribution in [-0.2, 0) is 13.0 Å². The molecular formula is C18H19N5. The first-order valence-corrected chi connectivity index (χ1v) is 7.71. The number of fused-ring (bicyclic) bond motifs is 2. The Labute approximate surface area is 134 Å². The molecule has 0 saturated heterocycles. The van der Waals surface area contributed by atoms with Crippen LogP contribution < -0.4 is 0 Å². The molecule has 5 heteroatoms. The van der Waals surface area contributed by atoms with Gasteiger partial charge in [0.05, 0.1) is 17.6 Å². The van der Waals surface area contributed by atoms with Crippen LogP contribution >= 0.6 is 0 Å². The van der Waals surface area contributed by atoms with E-state index in [1.54, 1.807) is 0 Å². The Hall–Kier alpha value is -2.66. The molecule has 4 aromatic rings. The number of imidazole rings is 2. The van der Waals surface area contributed by atoms with Crippen molar-refractivity contribution in [3.05, 3.63) is 72.1 Å². The van der Waals surface area contributed by atoms with Gasteiger partial charge < -0.3 is 13.7 Å². The average molecular weight is 305 g/mol. The molecule has 5 nitrogen and oxygen atoms in total. The third kappa shape index (κ3) is 2.71. The van der Waals surface area contributed by atoms with Crippen LogP contribution in [0.15, 0.2) is 55.1 Å². The first-order chi connectivity index (χ1) is 11.2. The van der Waals surface area contributed by atoms with Gasteiger partial charge in [0, 0.05) is 31.6 Å². The Kier molecular flexibility index (Phi) is 3.35. The van der Waals surface area contributed by atoms with E-state index in [2.05, 4.69) is 62.3 Å². The highest BCUT2D eigenvalue weighted by atomic mass is 15.1. The average Bonchev–Trinajstić information content (AvgIpc) is 3.10. The van der Waals surface area contributed by atoms with Crippen molar-refractivity contribution in [1.29, 1.82) is 0 Å². The van der Waals surface area contributed by atoms with Crippen LogP contribution in [0.2, 0.25) is 0 Å². The zero-order valence-electron chi connectivity index (χ0n) is 13.3. The molecule has 4 rings (SSSR count). The van der Waals surface area contributed by atoms with E-state index in [0.717, 1.165) is 30.0 Å². The Bertz CT molecular complexity index is 931. The molecule has 116 valence electrons. The normalized spacial score (nSPS) is 11.8. The topological polar surface area (TPSA) is 37.8 Å². The van der Waals surface area contributed by atoms with Crippen molar-refractivity contribution in [2.75, 3.05) is 14.1 Å². The predicted octanol–water partition coefficient (Wildman–Crippen LogP) is 2.63. The van der Waals surface area contributed by atoms with Crippen molar-refractivity contribution in [3.8, 4) is 0 Å². The van der Waals surface area contributed by atoms with Gasteiger partial charge in [-0.15, -0.1) is 0 Å². The molecule has 0 bridgehead atoms. The summed E-state index contributed by atoms with van der Waals surface area (Å²) in [5, 5.41) is 0. The van der Waals surface area contributed by atoms with Gasteiger partial charge in [0.1, 0.15) is 11.3 Å². The molecule has 23 heavy (non-hydrogen) atoms. The van der Waals surface area contributed by atoms with E-state index in [4.69, 9.17) is 0 Å². The first-order valence-electron chi connectivity index (χ1n) is 7.71. The molecule has 0 atom stereocenters. The van der Waals surface area contributed by atoms with Crippen molar-refractivity contribution in [2.45, 2.75) is 13.0 Å². The molecule has 0 aliphatic heterocycles. The highest BCUT2D eigenvalue weighted by Crippen LogP contribution is 2.14. The van der Waals surface area contributed by atoms with Crippen molar-refractivity contribution >= 4 is 11.3 Å². The van der Waals surface area contributed by atoms with E-state index in [9.17, 15) is 0 Å². The van der Waals surface area contributed by atoms with E-state index < -0.39 is 0 Å². The molecule has 0 unspecified atom stereocenters. The van der Waals surface area contributed by atoms with E-state index in [0.29, 0.717) is 0 Å². The van der Waals surface area contributed by atoms with Crippen LogP contribution in [-0.4, -0.2) is 37.8 Å². The van der Waals surface area contributed by atoms with Gasteiger partial charge in [-0.1, -0.05) is 12.1 Å². The predicted molar refractivity (Wildman–Crippen MR) is 90.6 cm³/mol. The van der Waals surface area contributed by atoms with E-state index >= 15 is 0 Å². The molecule has 0 N–H and O–H groups in total. The molecule has 0 amide bonds. The molecule has 0 saturated carbocycles. The summed E-state index contributed by atoms with van der Waals surface area (Å²) in [5.41, 5.74) is 5.48. The van der Waals surface area contributed by atoms with E-state index in [1.165, 1.54) is 11.3 Å². The van der Waals surface area contributed by atoms with Gasteiger partial charge in [-0.3, -0.25) is 0 Å². The number of hydrogen-bond donors (Lipinski definition) is 0. The second-order valence-electron chi connectivity index (χ2n) is 6.13. The molecular weight excluding hydrogens is 286 g/mol. The largest absolute Gasteiger partial charge is 0.307 e. The summed E-state index contributed by atoms with van der Waals surface area (Å²) in [4.78, 5) is 11.3. The third-order valence-electron chi connectivity index (χ3n) is 3.92.